The second-order valence-electron chi connectivity index (χ2n) is 4.85. The number of aromatic nitrogens is 4. The fourth-order valence-electron chi connectivity index (χ4n) is 2.49. The number of hydrogen-bond donors (Lipinski definition) is 1. The van der Waals surface area contributed by atoms with E-state index in [0.29, 0.717) is 17.0 Å². The summed E-state index contributed by atoms with van der Waals surface area (Å²) in [5.41, 5.74) is 3.23. The van der Waals surface area contributed by atoms with Crippen molar-refractivity contribution in [3.05, 3.63) is 60.3 Å². The monoisotopic (exact) mass is 290 g/mol. The van der Waals surface area contributed by atoms with Crippen LogP contribution in [0.25, 0.3) is 28.1 Å². The maximum Gasteiger partial charge on any atom is 0.335 e. The van der Waals surface area contributed by atoms with Crippen LogP contribution in [0, 0.1) is 0 Å². The minimum absolute atomic E-state index is 0.215. The highest BCUT2D eigenvalue weighted by molar-refractivity contribution is 5.89. The van der Waals surface area contributed by atoms with E-state index in [1.165, 1.54) is 0 Å². The van der Waals surface area contributed by atoms with E-state index in [-0.39, 0.29) is 5.56 Å². The lowest BCUT2D eigenvalue weighted by Gasteiger charge is -2.05. The van der Waals surface area contributed by atoms with Gasteiger partial charge in [0.05, 0.1) is 22.8 Å². The molecular weight excluding hydrogens is 280 g/mol. The number of aromatic carboxylic acids is 1. The van der Waals surface area contributed by atoms with Gasteiger partial charge < -0.3 is 5.11 Å². The lowest BCUT2D eigenvalue weighted by molar-refractivity contribution is 0.0697. The van der Waals surface area contributed by atoms with Crippen molar-refractivity contribution >= 4 is 22.6 Å². The Kier molecular flexibility index (Phi) is 2.62. The van der Waals surface area contributed by atoms with E-state index in [1.807, 2.05) is 34.7 Å². The van der Waals surface area contributed by atoms with Gasteiger partial charge in [0.2, 0.25) is 0 Å². The Labute approximate surface area is 124 Å². The molecule has 0 saturated heterocycles. The Hall–Kier alpha value is -3.28. The number of rotatable bonds is 2. The summed E-state index contributed by atoms with van der Waals surface area (Å²) in [4.78, 5) is 15.5. The van der Waals surface area contributed by atoms with Crippen molar-refractivity contribution in [1.82, 2.24) is 19.6 Å². The fourth-order valence-corrected chi connectivity index (χ4v) is 2.49. The number of benzene rings is 2. The lowest BCUT2D eigenvalue weighted by Crippen LogP contribution is -1.98. The maximum absolute atomic E-state index is 11.1. The molecule has 0 saturated carbocycles. The van der Waals surface area contributed by atoms with Crippen molar-refractivity contribution in [2.75, 3.05) is 0 Å². The molecule has 4 rings (SSSR count). The fraction of sp³-hybridized carbons (Fsp3) is 0. The molecule has 0 bridgehead atoms. The van der Waals surface area contributed by atoms with E-state index in [1.54, 1.807) is 24.4 Å². The van der Waals surface area contributed by atoms with Gasteiger partial charge in [0.1, 0.15) is 0 Å². The van der Waals surface area contributed by atoms with Gasteiger partial charge in [-0.15, -0.1) is 10.2 Å². The molecule has 106 valence electrons. The van der Waals surface area contributed by atoms with E-state index >= 15 is 0 Å². The Balaban J connectivity index is 2.05. The van der Waals surface area contributed by atoms with Crippen molar-refractivity contribution in [2.24, 2.45) is 0 Å². The molecular formula is C16H10N4O2. The molecule has 0 aliphatic carbocycles. The van der Waals surface area contributed by atoms with Crippen LogP contribution < -0.4 is 0 Å². The number of para-hydroxylation sites is 2. The number of fused-ring (bicyclic) bond motifs is 3. The molecule has 0 aliphatic rings. The normalized spacial score (nSPS) is 11.1. The minimum atomic E-state index is -0.970. The third kappa shape index (κ3) is 1.81. The minimum Gasteiger partial charge on any atom is -0.478 e. The van der Waals surface area contributed by atoms with Crippen LogP contribution in [0.1, 0.15) is 10.4 Å². The molecule has 22 heavy (non-hydrogen) atoms. The van der Waals surface area contributed by atoms with Crippen molar-refractivity contribution < 1.29 is 9.90 Å². The first kappa shape index (κ1) is 12.5. The summed E-state index contributed by atoms with van der Waals surface area (Å²) < 4.78 is 1.88. The van der Waals surface area contributed by atoms with E-state index in [0.717, 1.165) is 11.0 Å². The summed E-state index contributed by atoms with van der Waals surface area (Å²) >= 11 is 0. The zero-order valence-electron chi connectivity index (χ0n) is 11.3. The zero-order chi connectivity index (χ0) is 15.1. The molecule has 0 radical (unpaired) electrons. The standard InChI is InChI=1S/C16H10N4O2/c21-16(22)11-5-3-4-10(8-11)15-19-18-14-9-17-12-6-1-2-7-13(12)20(14)15/h1-9H,(H,21,22). The molecule has 0 fully saturated rings. The molecule has 2 aromatic carbocycles. The van der Waals surface area contributed by atoms with Gasteiger partial charge in [0.25, 0.3) is 0 Å². The van der Waals surface area contributed by atoms with E-state index in [2.05, 4.69) is 15.2 Å². The van der Waals surface area contributed by atoms with Crippen LogP contribution in [-0.2, 0) is 0 Å². The first-order valence-electron chi connectivity index (χ1n) is 6.66. The highest BCUT2D eigenvalue weighted by Gasteiger charge is 2.13. The highest BCUT2D eigenvalue weighted by Crippen LogP contribution is 2.23. The highest BCUT2D eigenvalue weighted by atomic mass is 16.4. The SMILES string of the molecule is O=C(O)c1cccc(-c2nnc3cnc4ccccc4n23)c1. The van der Waals surface area contributed by atoms with Gasteiger partial charge in [-0.05, 0) is 24.3 Å². The molecule has 6 heteroatoms. The Morgan fingerprint density at radius 1 is 1.05 bits per heavy atom. The molecule has 1 N–H and O–H groups in total. The maximum atomic E-state index is 11.1. The zero-order valence-corrected chi connectivity index (χ0v) is 11.3. The molecule has 4 aromatic rings. The Morgan fingerprint density at radius 3 is 2.77 bits per heavy atom. The summed E-state index contributed by atoms with van der Waals surface area (Å²) in [6.45, 7) is 0. The first-order chi connectivity index (χ1) is 10.7. The van der Waals surface area contributed by atoms with Crippen LogP contribution in [-0.4, -0.2) is 30.7 Å². The smallest absolute Gasteiger partial charge is 0.335 e. The van der Waals surface area contributed by atoms with Gasteiger partial charge in [-0.3, -0.25) is 9.38 Å². The third-order valence-electron chi connectivity index (χ3n) is 3.50. The summed E-state index contributed by atoms with van der Waals surface area (Å²) in [6, 6.07) is 14.3. The van der Waals surface area contributed by atoms with Crippen LogP contribution in [0.15, 0.2) is 54.7 Å². The van der Waals surface area contributed by atoms with Crippen molar-refractivity contribution in [3.8, 4) is 11.4 Å². The average Bonchev–Trinajstić information content (AvgIpc) is 2.99. The number of nitrogens with zero attached hydrogens (tertiary/aromatic N) is 4. The molecule has 6 nitrogen and oxygen atoms in total. The van der Waals surface area contributed by atoms with Gasteiger partial charge in [0.15, 0.2) is 11.5 Å². The van der Waals surface area contributed by atoms with Gasteiger partial charge >= 0.3 is 5.97 Å². The summed E-state index contributed by atoms with van der Waals surface area (Å²) in [6.07, 6.45) is 1.65. The van der Waals surface area contributed by atoms with E-state index in [4.69, 9.17) is 5.11 Å². The topological polar surface area (TPSA) is 80.4 Å². The molecule has 0 amide bonds. The summed E-state index contributed by atoms with van der Waals surface area (Å²) in [5, 5.41) is 17.5. The average molecular weight is 290 g/mol. The second kappa shape index (κ2) is 4.63. The second-order valence-corrected chi connectivity index (χ2v) is 4.85. The van der Waals surface area contributed by atoms with Crippen LogP contribution in [0.5, 0.6) is 0 Å². The number of hydrogen-bond acceptors (Lipinski definition) is 4. The Morgan fingerprint density at radius 2 is 1.91 bits per heavy atom. The van der Waals surface area contributed by atoms with Gasteiger partial charge in [-0.1, -0.05) is 24.3 Å². The number of carboxylic acids is 1. The number of carbonyl (C=O) groups is 1. The van der Waals surface area contributed by atoms with Crippen LogP contribution in [0.3, 0.4) is 0 Å². The van der Waals surface area contributed by atoms with E-state index < -0.39 is 5.97 Å². The van der Waals surface area contributed by atoms with Crippen molar-refractivity contribution in [1.29, 1.82) is 0 Å². The lowest BCUT2D eigenvalue weighted by atomic mass is 10.1. The largest absolute Gasteiger partial charge is 0.478 e. The number of carboxylic acid groups (broad SMARTS) is 1. The quantitative estimate of drug-likeness (QED) is 0.614. The predicted octanol–water partition coefficient (Wildman–Crippen LogP) is 2.64. The predicted molar refractivity (Wildman–Crippen MR) is 80.7 cm³/mol. The van der Waals surface area contributed by atoms with Gasteiger partial charge in [-0.25, -0.2) is 4.79 Å². The van der Waals surface area contributed by atoms with Crippen LogP contribution >= 0.6 is 0 Å². The molecule has 0 atom stereocenters. The summed E-state index contributed by atoms with van der Waals surface area (Å²) in [7, 11) is 0. The van der Waals surface area contributed by atoms with Crippen molar-refractivity contribution in [3.63, 3.8) is 0 Å². The Bertz CT molecular complexity index is 1020. The first-order valence-corrected chi connectivity index (χ1v) is 6.66. The van der Waals surface area contributed by atoms with Crippen molar-refractivity contribution in [2.45, 2.75) is 0 Å². The molecule has 2 aromatic heterocycles. The summed E-state index contributed by atoms with van der Waals surface area (Å²) in [5.74, 6) is -0.376. The third-order valence-corrected chi connectivity index (χ3v) is 3.50. The van der Waals surface area contributed by atoms with E-state index in [9.17, 15) is 4.79 Å². The van der Waals surface area contributed by atoms with Crippen LogP contribution in [0.4, 0.5) is 0 Å². The van der Waals surface area contributed by atoms with Crippen LogP contribution in [0.2, 0.25) is 0 Å². The molecule has 2 heterocycles. The molecule has 0 aliphatic heterocycles. The molecule has 0 unspecified atom stereocenters. The molecule has 0 spiro atoms. The van der Waals surface area contributed by atoms with Gasteiger partial charge in [0, 0.05) is 5.56 Å². The van der Waals surface area contributed by atoms with Gasteiger partial charge in [-0.2, -0.15) is 0 Å².